The van der Waals surface area contributed by atoms with Gasteiger partial charge in [-0.3, -0.25) is 0 Å². The maximum atomic E-state index is 11.4. The minimum atomic E-state index is -0.502. The summed E-state index contributed by atoms with van der Waals surface area (Å²) in [5, 5.41) is 20.8. The molecule has 0 aromatic carbocycles. The van der Waals surface area contributed by atoms with Crippen molar-refractivity contribution < 1.29 is 29.2 Å². The fraction of sp³-hybridized carbons (Fsp3) is 0.933. The molecule has 4 unspecified atom stereocenters. The first-order valence-electron chi connectivity index (χ1n) is 7.92. The minimum Gasteiger partial charge on any atom is -0.444 e. The van der Waals surface area contributed by atoms with E-state index >= 15 is 0 Å². The number of aliphatic hydroxyl groups excluding tert-OH is 2. The second kappa shape index (κ2) is 9.39. The molecule has 8 nitrogen and oxygen atoms in total. The Morgan fingerprint density at radius 3 is 2.09 bits per heavy atom. The first-order valence-corrected chi connectivity index (χ1v) is 7.92. The van der Waals surface area contributed by atoms with Crippen molar-refractivity contribution in [2.75, 3.05) is 26.4 Å². The first kappa shape index (κ1) is 20.1. The smallest absolute Gasteiger partial charge is 0.407 e. The normalized spacial score (nSPS) is 31.6. The Kier molecular flexibility index (Phi) is 8.21. The zero-order chi connectivity index (χ0) is 17.5. The average molecular weight is 334 g/mol. The lowest BCUT2D eigenvalue weighted by atomic mass is 10.1. The number of hydrogen-bond acceptors (Lipinski definition) is 7. The Bertz CT molecular complexity index is 352. The number of carbonyl (C=O) groups excluding carboxylic acids is 1. The van der Waals surface area contributed by atoms with E-state index in [0.29, 0.717) is 39.3 Å². The van der Waals surface area contributed by atoms with Crippen molar-refractivity contribution in [3.05, 3.63) is 0 Å². The zero-order valence-electron chi connectivity index (χ0n) is 14.2. The van der Waals surface area contributed by atoms with E-state index in [0.717, 1.165) is 0 Å². The Morgan fingerprint density at radius 1 is 1.09 bits per heavy atom. The molecule has 0 aromatic rings. The Morgan fingerprint density at radius 2 is 1.65 bits per heavy atom. The van der Waals surface area contributed by atoms with E-state index in [2.05, 4.69) is 5.32 Å². The molecule has 136 valence electrons. The van der Waals surface area contributed by atoms with Gasteiger partial charge in [0.1, 0.15) is 5.60 Å². The van der Waals surface area contributed by atoms with Crippen LogP contribution in [0, 0.1) is 0 Å². The van der Waals surface area contributed by atoms with Crippen LogP contribution in [0.1, 0.15) is 33.6 Å². The molecule has 1 amide bonds. The Hall–Kier alpha value is -0.930. The molecule has 0 radical (unpaired) electrons. The summed E-state index contributed by atoms with van der Waals surface area (Å²) in [6.07, 6.45) is -0.109. The van der Waals surface area contributed by atoms with E-state index < -0.39 is 17.8 Å². The molecular formula is C15H30N2O6. The summed E-state index contributed by atoms with van der Waals surface area (Å²) in [5.41, 5.74) is 4.94. The van der Waals surface area contributed by atoms with E-state index in [1.165, 1.54) is 0 Å². The van der Waals surface area contributed by atoms with Gasteiger partial charge in [0.25, 0.3) is 0 Å². The molecular weight excluding hydrogens is 304 g/mol. The molecule has 0 bridgehead atoms. The summed E-state index contributed by atoms with van der Waals surface area (Å²) >= 11 is 0. The predicted molar refractivity (Wildman–Crippen MR) is 84.0 cm³/mol. The SMILES string of the molecule is CC(C)(C)OC(=O)NC1COCC(O)C1.NC1COCC(O)C1. The second-order valence-electron chi connectivity index (χ2n) is 6.96. The highest BCUT2D eigenvalue weighted by Gasteiger charge is 2.24. The molecule has 0 aliphatic carbocycles. The van der Waals surface area contributed by atoms with E-state index in [4.69, 9.17) is 25.1 Å². The summed E-state index contributed by atoms with van der Waals surface area (Å²) < 4.78 is 15.1. The van der Waals surface area contributed by atoms with E-state index in [1.54, 1.807) is 20.8 Å². The van der Waals surface area contributed by atoms with Crippen LogP contribution in [0.15, 0.2) is 0 Å². The molecule has 5 N–H and O–H groups in total. The lowest BCUT2D eigenvalue weighted by molar-refractivity contribution is -0.0258. The first-order chi connectivity index (χ1) is 10.7. The van der Waals surface area contributed by atoms with Gasteiger partial charge in [0.2, 0.25) is 0 Å². The molecule has 8 heteroatoms. The third kappa shape index (κ3) is 9.72. The monoisotopic (exact) mass is 334 g/mol. The van der Waals surface area contributed by atoms with Gasteiger partial charge in [-0.25, -0.2) is 4.79 Å². The molecule has 2 aliphatic rings. The van der Waals surface area contributed by atoms with Gasteiger partial charge in [-0.1, -0.05) is 0 Å². The molecule has 2 saturated heterocycles. The number of aliphatic hydroxyl groups is 2. The highest BCUT2D eigenvalue weighted by atomic mass is 16.6. The molecule has 0 saturated carbocycles. The Balaban J connectivity index is 0.000000277. The number of ether oxygens (including phenoxy) is 3. The lowest BCUT2D eigenvalue weighted by Gasteiger charge is -2.28. The van der Waals surface area contributed by atoms with Crippen LogP contribution in [0.4, 0.5) is 4.79 Å². The molecule has 2 heterocycles. The highest BCUT2D eigenvalue weighted by molar-refractivity contribution is 5.68. The number of nitrogens with two attached hydrogens (primary N) is 1. The van der Waals surface area contributed by atoms with Crippen molar-refractivity contribution in [1.82, 2.24) is 5.32 Å². The zero-order valence-corrected chi connectivity index (χ0v) is 14.2. The molecule has 4 atom stereocenters. The van der Waals surface area contributed by atoms with Gasteiger partial charge >= 0.3 is 6.09 Å². The van der Waals surface area contributed by atoms with Crippen LogP contribution in [-0.4, -0.2) is 72.6 Å². The lowest BCUT2D eigenvalue weighted by Crippen LogP contribution is -2.46. The van der Waals surface area contributed by atoms with Crippen LogP contribution in [0.5, 0.6) is 0 Å². The van der Waals surface area contributed by atoms with Gasteiger partial charge in [-0.15, -0.1) is 0 Å². The van der Waals surface area contributed by atoms with Crippen molar-refractivity contribution in [2.24, 2.45) is 5.73 Å². The molecule has 0 aromatic heterocycles. The highest BCUT2D eigenvalue weighted by Crippen LogP contribution is 2.10. The number of hydrogen-bond donors (Lipinski definition) is 4. The van der Waals surface area contributed by atoms with Gasteiger partial charge in [0.15, 0.2) is 0 Å². The van der Waals surface area contributed by atoms with Crippen molar-refractivity contribution >= 4 is 6.09 Å². The van der Waals surface area contributed by atoms with E-state index in [-0.39, 0.29) is 18.2 Å². The fourth-order valence-corrected chi connectivity index (χ4v) is 2.23. The number of carbonyl (C=O) groups is 1. The number of nitrogens with one attached hydrogen (secondary N) is 1. The van der Waals surface area contributed by atoms with Crippen LogP contribution in [-0.2, 0) is 14.2 Å². The molecule has 2 rings (SSSR count). The third-order valence-corrected chi connectivity index (χ3v) is 3.12. The second-order valence-corrected chi connectivity index (χ2v) is 6.96. The summed E-state index contributed by atoms with van der Waals surface area (Å²) in [6, 6.07) is -0.123. The van der Waals surface area contributed by atoms with Crippen LogP contribution < -0.4 is 11.1 Å². The summed E-state index contributed by atoms with van der Waals surface area (Å²) in [4.78, 5) is 11.4. The molecule has 23 heavy (non-hydrogen) atoms. The third-order valence-electron chi connectivity index (χ3n) is 3.12. The van der Waals surface area contributed by atoms with Gasteiger partial charge in [-0.05, 0) is 33.6 Å². The van der Waals surface area contributed by atoms with Crippen molar-refractivity contribution in [2.45, 2.75) is 63.5 Å². The summed E-state index contributed by atoms with van der Waals surface area (Å²) in [6.45, 7) is 7.23. The van der Waals surface area contributed by atoms with Gasteiger partial charge in [-0.2, -0.15) is 0 Å². The summed E-state index contributed by atoms with van der Waals surface area (Å²) in [7, 11) is 0. The largest absolute Gasteiger partial charge is 0.444 e. The Labute approximate surface area is 137 Å². The standard InChI is InChI=1S/C10H19NO4.C5H11NO2/c1-10(2,3)15-9(13)11-7-4-8(12)6-14-5-7;6-4-1-5(7)3-8-2-4/h7-8,12H,4-6H2,1-3H3,(H,11,13);4-5,7H,1-3,6H2. The fourth-order valence-electron chi connectivity index (χ4n) is 2.23. The predicted octanol–water partition coefficient (Wildman–Crippen LogP) is -0.244. The van der Waals surface area contributed by atoms with Gasteiger partial charge in [0.05, 0.1) is 44.7 Å². The van der Waals surface area contributed by atoms with Crippen molar-refractivity contribution in [3.63, 3.8) is 0 Å². The van der Waals surface area contributed by atoms with E-state index in [9.17, 15) is 9.90 Å². The van der Waals surface area contributed by atoms with Crippen molar-refractivity contribution in [3.8, 4) is 0 Å². The topological polar surface area (TPSA) is 123 Å². The van der Waals surface area contributed by atoms with Crippen LogP contribution in [0.3, 0.4) is 0 Å². The number of alkyl carbamates (subject to hydrolysis) is 1. The quantitative estimate of drug-likeness (QED) is 0.521. The van der Waals surface area contributed by atoms with Crippen LogP contribution in [0.2, 0.25) is 0 Å². The average Bonchev–Trinajstić information content (AvgIpc) is 2.36. The minimum absolute atomic E-state index is 0.0405. The van der Waals surface area contributed by atoms with Gasteiger partial charge in [0, 0.05) is 6.04 Å². The number of amides is 1. The molecule has 2 fully saturated rings. The van der Waals surface area contributed by atoms with E-state index in [1.807, 2.05) is 0 Å². The van der Waals surface area contributed by atoms with Crippen LogP contribution >= 0.6 is 0 Å². The maximum Gasteiger partial charge on any atom is 0.407 e. The van der Waals surface area contributed by atoms with Crippen molar-refractivity contribution in [1.29, 1.82) is 0 Å². The molecule has 0 spiro atoms. The number of rotatable bonds is 1. The molecule has 2 aliphatic heterocycles. The summed E-state index contributed by atoms with van der Waals surface area (Å²) in [5.74, 6) is 0. The van der Waals surface area contributed by atoms with Crippen LogP contribution in [0.25, 0.3) is 0 Å². The maximum absolute atomic E-state index is 11.4. The van der Waals surface area contributed by atoms with Gasteiger partial charge < -0.3 is 35.5 Å².